The van der Waals surface area contributed by atoms with Crippen LogP contribution in [0.25, 0.3) is 0 Å². The summed E-state index contributed by atoms with van der Waals surface area (Å²) in [4.78, 5) is 29.1. The fraction of sp³-hybridized carbons (Fsp3) is 0.241. The van der Waals surface area contributed by atoms with Crippen molar-refractivity contribution in [2.75, 3.05) is 19.0 Å². The van der Waals surface area contributed by atoms with Crippen LogP contribution in [0, 0.1) is 23.7 Å². The van der Waals surface area contributed by atoms with Crippen molar-refractivity contribution < 1.29 is 18.0 Å². The fourth-order valence-electron chi connectivity index (χ4n) is 6.64. The molecule has 3 aromatic rings. The van der Waals surface area contributed by atoms with Crippen LogP contribution >= 0.6 is 0 Å². The van der Waals surface area contributed by atoms with Crippen LogP contribution in [-0.4, -0.2) is 38.6 Å². The molecular formula is C29H26N2O4S. The normalized spacial score (nSPS) is 26.1. The van der Waals surface area contributed by atoms with Crippen molar-refractivity contribution in [3.8, 4) is 0 Å². The van der Waals surface area contributed by atoms with Crippen molar-refractivity contribution >= 4 is 27.5 Å². The lowest BCUT2D eigenvalue weighted by molar-refractivity contribution is -0.123. The molecule has 1 heterocycles. The molecule has 7 heteroatoms. The second-order valence-electron chi connectivity index (χ2n) is 9.88. The van der Waals surface area contributed by atoms with E-state index in [1.54, 1.807) is 12.1 Å². The molecular weight excluding hydrogens is 472 g/mol. The van der Waals surface area contributed by atoms with E-state index in [0.717, 1.165) is 15.4 Å². The van der Waals surface area contributed by atoms with Gasteiger partial charge in [0, 0.05) is 31.3 Å². The van der Waals surface area contributed by atoms with Gasteiger partial charge in [0.2, 0.25) is 21.8 Å². The highest BCUT2D eigenvalue weighted by atomic mass is 32.2. The molecule has 2 fully saturated rings. The van der Waals surface area contributed by atoms with Crippen LogP contribution in [0.5, 0.6) is 0 Å². The number of allylic oxidation sites excluding steroid dienone is 2. The van der Waals surface area contributed by atoms with E-state index >= 15 is 0 Å². The van der Waals surface area contributed by atoms with E-state index in [9.17, 15) is 18.0 Å². The molecule has 1 saturated carbocycles. The molecule has 0 radical (unpaired) electrons. The lowest BCUT2D eigenvalue weighted by Crippen LogP contribution is -2.41. The summed E-state index contributed by atoms with van der Waals surface area (Å²) in [5.41, 5.74) is 2.13. The zero-order valence-corrected chi connectivity index (χ0v) is 20.8. The van der Waals surface area contributed by atoms with Crippen molar-refractivity contribution in [2.45, 2.75) is 10.3 Å². The Bertz CT molecular complexity index is 1410. The van der Waals surface area contributed by atoms with Crippen molar-refractivity contribution in [3.63, 3.8) is 0 Å². The van der Waals surface area contributed by atoms with Gasteiger partial charge in [0.15, 0.2) is 0 Å². The molecule has 36 heavy (non-hydrogen) atoms. The molecule has 2 aliphatic carbocycles. The number of amides is 2. The monoisotopic (exact) mass is 498 g/mol. The van der Waals surface area contributed by atoms with E-state index in [-0.39, 0.29) is 28.5 Å². The zero-order chi connectivity index (χ0) is 25.2. The van der Waals surface area contributed by atoms with E-state index in [4.69, 9.17) is 0 Å². The Morgan fingerprint density at radius 1 is 0.694 bits per heavy atom. The van der Waals surface area contributed by atoms with E-state index < -0.39 is 27.3 Å². The highest BCUT2D eigenvalue weighted by molar-refractivity contribution is 7.89. The minimum absolute atomic E-state index is 0.115. The van der Waals surface area contributed by atoms with Gasteiger partial charge in [-0.15, -0.1) is 0 Å². The Morgan fingerprint density at radius 3 is 1.56 bits per heavy atom. The molecule has 3 aromatic carbocycles. The third kappa shape index (κ3) is 2.90. The maximum Gasteiger partial charge on any atom is 0.242 e. The van der Waals surface area contributed by atoms with Gasteiger partial charge in [-0.25, -0.2) is 12.7 Å². The van der Waals surface area contributed by atoms with Gasteiger partial charge in [-0.05, 0) is 35.4 Å². The highest BCUT2D eigenvalue weighted by Gasteiger charge is 2.70. The lowest BCUT2D eigenvalue weighted by atomic mass is 9.65. The van der Waals surface area contributed by atoms with E-state index in [1.165, 1.54) is 31.1 Å². The number of rotatable bonds is 5. The summed E-state index contributed by atoms with van der Waals surface area (Å²) in [6.07, 6.45) is 4.24. The van der Waals surface area contributed by atoms with Gasteiger partial charge < -0.3 is 0 Å². The topological polar surface area (TPSA) is 74.8 Å². The largest absolute Gasteiger partial charge is 0.274 e. The third-order valence-electron chi connectivity index (χ3n) is 8.13. The Morgan fingerprint density at radius 2 is 1.14 bits per heavy atom. The number of benzene rings is 3. The predicted octanol–water partition coefficient (Wildman–Crippen LogP) is 3.84. The first-order chi connectivity index (χ1) is 17.3. The molecule has 6 nitrogen and oxygen atoms in total. The van der Waals surface area contributed by atoms with Gasteiger partial charge in [-0.1, -0.05) is 72.8 Å². The van der Waals surface area contributed by atoms with Gasteiger partial charge in [0.05, 0.1) is 22.4 Å². The Balaban J connectivity index is 1.42. The molecule has 1 saturated heterocycles. The Kier molecular flexibility index (Phi) is 5.07. The summed E-state index contributed by atoms with van der Waals surface area (Å²) in [7, 11) is -0.679. The number of carbonyl (C=O) groups excluding carboxylic acids is 2. The first-order valence-corrected chi connectivity index (χ1v) is 13.4. The second-order valence-corrected chi connectivity index (χ2v) is 12.0. The van der Waals surface area contributed by atoms with Crippen molar-refractivity contribution in [1.82, 2.24) is 4.31 Å². The van der Waals surface area contributed by atoms with Gasteiger partial charge in [-0.2, -0.15) is 0 Å². The van der Waals surface area contributed by atoms with Gasteiger partial charge in [0.25, 0.3) is 0 Å². The highest BCUT2D eigenvalue weighted by Crippen LogP contribution is 2.66. The molecule has 0 N–H and O–H groups in total. The summed E-state index contributed by atoms with van der Waals surface area (Å²) in [6.45, 7) is 0. The van der Waals surface area contributed by atoms with Gasteiger partial charge >= 0.3 is 0 Å². The molecule has 3 aliphatic rings. The molecule has 2 unspecified atom stereocenters. The van der Waals surface area contributed by atoms with Crippen molar-refractivity contribution in [3.05, 3.63) is 108 Å². The minimum atomic E-state index is -3.61. The molecule has 4 atom stereocenters. The average Bonchev–Trinajstić information content (AvgIpc) is 3.51. The molecule has 2 amide bonds. The van der Waals surface area contributed by atoms with E-state index in [1.807, 2.05) is 36.4 Å². The summed E-state index contributed by atoms with van der Waals surface area (Å²) >= 11 is 0. The SMILES string of the molecule is CN(C)S(=O)(=O)c1ccc(N2C(=O)C3C(C2=O)[C@@H]2C=C[C@H]3C2(c2ccccc2)c2ccccc2)cc1. The number of nitrogens with zero attached hydrogens (tertiary/aromatic N) is 2. The first kappa shape index (κ1) is 22.9. The Labute approximate surface area is 210 Å². The van der Waals surface area contributed by atoms with Crippen molar-refractivity contribution in [1.29, 1.82) is 0 Å². The maximum absolute atomic E-state index is 13.9. The van der Waals surface area contributed by atoms with Gasteiger partial charge in [0.1, 0.15) is 0 Å². The summed E-state index contributed by atoms with van der Waals surface area (Å²) < 4.78 is 26.0. The molecule has 182 valence electrons. The minimum Gasteiger partial charge on any atom is -0.274 e. The Hall–Kier alpha value is -3.55. The fourth-order valence-corrected chi connectivity index (χ4v) is 7.54. The van der Waals surface area contributed by atoms with Crippen LogP contribution in [0.15, 0.2) is 102 Å². The van der Waals surface area contributed by atoms with Crippen LogP contribution in [-0.2, 0) is 25.0 Å². The standard InChI is InChI=1S/C29H26N2O4S/c1-30(2)36(34,35)22-15-13-21(14-16-22)31-27(32)25-23-17-18-24(26(25)28(31)33)29(23,19-9-5-3-6-10-19)20-11-7-4-8-12-20/h3-18,23-26H,1-2H3/t23-,24+,25?,26?. The number of hydrogen-bond acceptors (Lipinski definition) is 4. The van der Waals surface area contributed by atoms with Crippen LogP contribution in [0.4, 0.5) is 5.69 Å². The van der Waals surface area contributed by atoms with E-state index in [0.29, 0.717) is 5.69 Å². The summed E-state index contributed by atoms with van der Waals surface area (Å²) in [6, 6.07) is 26.4. The molecule has 1 aliphatic heterocycles. The quantitative estimate of drug-likeness (QED) is 0.396. The number of hydrogen-bond donors (Lipinski definition) is 0. The third-order valence-corrected chi connectivity index (χ3v) is 9.95. The lowest BCUT2D eigenvalue weighted by Gasteiger charge is -2.38. The molecule has 6 rings (SSSR count). The second kappa shape index (κ2) is 7.98. The summed E-state index contributed by atoms with van der Waals surface area (Å²) in [5.74, 6) is -1.71. The summed E-state index contributed by atoms with van der Waals surface area (Å²) in [5, 5.41) is 0. The van der Waals surface area contributed by atoms with Crippen LogP contribution in [0.2, 0.25) is 0 Å². The van der Waals surface area contributed by atoms with Crippen LogP contribution in [0.3, 0.4) is 0 Å². The number of sulfonamides is 1. The number of fused-ring (bicyclic) bond motifs is 5. The molecule has 0 spiro atoms. The average molecular weight is 499 g/mol. The van der Waals surface area contributed by atoms with E-state index in [2.05, 4.69) is 36.4 Å². The number of carbonyl (C=O) groups is 2. The molecule has 0 aromatic heterocycles. The van der Waals surface area contributed by atoms with Crippen LogP contribution in [0.1, 0.15) is 11.1 Å². The predicted molar refractivity (Wildman–Crippen MR) is 137 cm³/mol. The molecule has 2 bridgehead atoms. The van der Waals surface area contributed by atoms with Crippen LogP contribution < -0.4 is 4.90 Å². The first-order valence-electron chi connectivity index (χ1n) is 12.0. The zero-order valence-electron chi connectivity index (χ0n) is 20.0. The maximum atomic E-state index is 13.9. The smallest absolute Gasteiger partial charge is 0.242 e. The van der Waals surface area contributed by atoms with Crippen molar-refractivity contribution in [2.24, 2.45) is 23.7 Å². The number of imide groups is 1. The number of anilines is 1. The van der Waals surface area contributed by atoms with Gasteiger partial charge in [-0.3, -0.25) is 14.5 Å².